The van der Waals surface area contributed by atoms with Gasteiger partial charge in [-0.1, -0.05) is 38.0 Å². The zero-order valence-corrected chi connectivity index (χ0v) is 12.7. The first-order chi connectivity index (χ1) is 10.6. The largest absolute Gasteiger partial charge is 0.291 e. The average Bonchev–Trinajstić information content (AvgIpc) is 2.80. The average molecular weight is 303 g/mol. The second-order valence-electron chi connectivity index (χ2n) is 5.31. The molecule has 1 aliphatic heterocycles. The van der Waals surface area contributed by atoms with E-state index in [2.05, 4.69) is 17.8 Å². The summed E-state index contributed by atoms with van der Waals surface area (Å²) >= 11 is 0. The highest BCUT2D eigenvalue weighted by Crippen LogP contribution is 2.21. The van der Waals surface area contributed by atoms with Crippen molar-refractivity contribution in [3.05, 3.63) is 30.3 Å². The predicted octanol–water partition coefficient (Wildman–Crippen LogP) is 1.52. The van der Waals surface area contributed by atoms with Crippen LogP contribution in [0.5, 0.6) is 0 Å². The predicted molar refractivity (Wildman–Crippen MR) is 82.8 cm³/mol. The van der Waals surface area contributed by atoms with E-state index in [1.165, 1.54) is 0 Å². The van der Waals surface area contributed by atoms with Crippen LogP contribution in [0.15, 0.2) is 30.3 Å². The number of hydrogen-bond donors (Lipinski definition) is 2. The quantitative estimate of drug-likeness (QED) is 0.455. The molecule has 0 aliphatic carbocycles. The molecule has 3 amide bonds. The molecule has 1 fully saturated rings. The topological polar surface area (TPSA) is 78.5 Å². The standard InChI is InChI=1S/C16H21N3O3/c1-2-3-5-10-14(20)18-17-13-11-15(21)19(16(13)22)12-8-6-4-7-9-12/h4,6-9,13,17H,2-3,5,10-11H2,1H3,(H,18,20)/t13-/m0/s1. The highest BCUT2D eigenvalue weighted by molar-refractivity contribution is 6.22. The van der Waals surface area contributed by atoms with Gasteiger partial charge in [0.2, 0.25) is 11.8 Å². The molecule has 1 aliphatic rings. The van der Waals surface area contributed by atoms with Gasteiger partial charge in [-0.2, -0.15) is 0 Å². The van der Waals surface area contributed by atoms with Crippen molar-refractivity contribution in [1.29, 1.82) is 0 Å². The summed E-state index contributed by atoms with van der Waals surface area (Å²) in [5.74, 6) is -0.772. The van der Waals surface area contributed by atoms with Gasteiger partial charge in [0.25, 0.3) is 5.91 Å². The van der Waals surface area contributed by atoms with Gasteiger partial charge in [-0.15, -0.1) is 0 Å². The van der Waals surface area contributed by atoms with Gasteiger partial charge >= 0.3 is 0 Å². The molecule has 6 nitrogen and oxygen atoms in total. The van der Waals surface area contributed by atoms with E-state index in [9.17, 15) is 14.4 Å². The third-order valence-electron chi connectivity index (χ3n) is 3.55. The molecule has 1 aromatic rings. The van der Waals surface area contributed by atoms with Crippen LogP contribution in [0.3, 0.4) is 0 Å². The first-order valence-electron chi connectivity index (χ1n) is 7.59. The number of carbonyl (C=O) groups excluding carboxylic acids is 3. The van der Waals surface area contributed by atoms with Crippen molar-refractivity contribution in [1.82, 2.24) is 10.9 Å². The Balaban J connectivity index is 1.88. The van der Waals surface area contributed by atoms with E-state index in [1.54, 1.807) is 24.3 Å². The van der Waals surface area contributed by atoms with Gasteiger partial charge in [-0.3, -0.25) is 19.8 Å². The van der Waals surface area contributed by atoms with Gasteiger partial charge in [0.15, 0.2) is 0 Å². The Kier molecular flexibility index (Phi) is 5.66. The molecule has 1 saturated heterocycles. The van der Waals surface area contributed by atoms with Gasteiger partial charge in [0.1, 0.15) is 6.04 Å². The molecular weight excluding hydrogens is 282 g/mol. The molecule has 2 N–H and O–H groups in total. The molecule has 0 saturated carbocycles. The molecule has 0 spiro atoms. The van der Waals surface area contributed by atoms with Gasteiger partial charge in [-0.25, -0.2) is 10.3 Å². The smallest absolute Gasteiger partial charge is 0.253 e. The van der Waals surface area contributed by atoms with E-state index >= 15 is 0 Å². The fraction of sp³-hybridized carbons (Fsp3) is 0.438. The summed E-state index contributed by atoms with van der Waals surface area (Å²) in [7, 11) is 0. The lowest BCUT2D eigenvalue weighted by Gasteiger charge is -2.15. The van der Waals surface area contributed by atoms with Crippen LogP contribution < -0.4 is 15.8 Å². The van der Waals surface area contributed by atoms with E-state index in [0.29, 0.717) is 12.1 Å². The zero-order chi connectivity index (χ0) is 15.9. The first-order valence-corrected chi connectivity index (χ1v) is 7.59. The highest BCUT2D eigenvalue weighted by atomic mass is 16.2. The van der Waals surface area contributed by atoms with Crippen molar-refractivity contribution in [2.75, 3.05) is 4.90 Å². The van der Waals surface area contributed by atoms with Crippen LogP contribution in [0.1, 0.15) is 39.0 Å². The summed E-state index contributed by atoms with van der Waals surface area (Å²) in [4.78, 5) is 37.1. The summed E-state index contributed by atoms with van der Waals surface area (Å²) < 4.78 is 0. The molecule has 0 radical (unpaired) electrons. The number of unbranched alkanes of at least 4 members (excludes halogenated alkanes) is 2. The number of rotatable bonds is 7. The number of nitrogens with one attached hydrogen (secondary N) is 2. The van der Waals surface area contributed by atoms with Crippen molar-refractivity contribution >= 4 is 23.4 Å². The molecule has 2 rings (SSSR count). The Morgan fingerprint density at radius 2 is 1.95 bits per heavy atom. The molecule has 1 heterocycles. The summed E-state index contributed by atoms with van der Waals surface area (Å²) in [6.45, 7) is 2.07. The Morgan fingerprint density at radius 3 is 2.64 bits per heavy atom. The van der Waals surface area contributed by atoms with Crippen LogP contribution in [-0.4, -0.2) is 23.8 Å². The number of imide groups is 1. The van der Waals surface area contributed by atoms with Crippen molar-refractivity contribution < 1.29 is 14.4 Å². The Labute approximate surface area is 129 Å². The van der Waals surface area contributed by atoms with Gasteiger partial charge in [0, 0.05) is 6.42 Å². The molecule has 1 atom stereocenters. The van der Waals surface area contributed by atoms with Crippen molar-refractivity contribution in [2.45, 2.75) is 45.1 Å². The van der Waals surface area contributed by atoms with Crippen LogP contribution in [0.2, 0.25) is 0 Å². The minimum absolute atomic E-state index is 0.0446. The Bertz CT molecular complexity index is 545. The van der Waals surface area contributed by atoms with Gasteiger partial charge < -0.3 is 0 Å². The molecule has 118 valence electrons. The number of benzene rings is 1. The lowest BCUT2D eigenvalue weighted by Crippen LogP contribution is -2.48. The SMILES string of the molecule is CCCCCC(=O)NN[C@H]1CC(=O)N(c2ccccc2)C1=O. The van der Waals surface area contributed by atoms with Crippen molar-refractivity contribution in [2.24, 2.45) is 0 Å². The monoisotopic (exact) mass is 303 g/mol. The minimum Gasteiger partial charge on any atom is -0.291 e. The Hall–Kier alpha value is -2.21. The third-order valence-corrected chi connectivity index (χ3v) is 3.55. The number of para-hydroxylation sites is 1. The molecular formula is C16H21N3O3. The number of carbonyl (C=O) groups is 3. The summed E-state index contributed by atoms with van der Waals surface area (Å²) in [5.41, 5.74) is 5.75. The molecule has 0 aromatic heterocycles. The van der Waals surface area contributed by atoms with E-state index in [-0.39, 0.29) is 24.1 Å². The minimum atomic E-state index is -0.706. The van der Waals surface area contributed by atoms with Crippen LogP contribution in [0.25, 0.3) is 0 Å². The summed E-state index contributed by atoms with van der Waals surface area (Å²) in [6.07, 6.45) is 3.32. The summed E-state index contributed by atoms with van der Waals surface area (Å²) in [6, 6.07) is 8.07. The van der Waals surface area contributed by atoms with E-state index < -0.39 is 6.04 Å². The number of hydrazine groups is 1. The van der Waals surface area contributed by atoms with Gasteiger partial charge in [-0.05, 0) is 18.6 Å². The fourth-order valence-electron chi connectivity index (χ4n) is 2.36. The second-order valence-corrected chi connectivity index (χ2v) is 5.31. The molecule has 0 unspecified atom stereocenters. The van der Waals surface area contributed by atoms with E-state index in [4.69, 9.17) is 0 Å². The van der Waals surface area contributed by atoms with Crippen LogP contribution in [0, 0.1) is 0 Å². The second kappa shape index (κ2) is 7.70. The van der Waals surface area contributed by atoms with Crippen LogP contribution >= 0.6 is 0 Å². The van der Waals surface area contributed by atoms with Gasteiger partial charge in [0.05, 0.1) is 12.1 Å². The molecule has 6 heteroatoms. The lowest BCUT2D eigenvalue weighted by atomic mass is 10.2. The third kappa shape index (κ3) is 3.92. The fourth-order valence-corrected chi connectivity index (χ4v) is 2.36. The molecule has 1 aromatic carbocycles. The Morgan fingerprint density at radius 1 is 1.23 bits per heavy atom. The highest BCUT2D eigenvalue weighted by Gasteiger charge is 2.39. The van der Waals surface area contributed by atoms with E-state index in [0.717, 1.165) is 24.2 Å². The molecule has 0 bridgehead atoms. The number of anilines is 1. The maximum Gasteiger partial charge on any atom is 0.253 e. The zero-order valence-electron chi connectivity index (χ0n) is 12.7. The lowest BCUT2D eigenvalue weighted by molar-refractivity contribution is -0.123. The van der Waals surface area contributed by atoms with Crippen molar-refractivity contribution in [3.8, 4) is 0 Å². The number of nitrogens with zero attached hydrogens (tertiary/aromatic N) is 1. The maximum atomic E-state index is 12.3. The number of amides is 3. The van der Waals surface area contributed by atoms with Crippen LogP contribution in [-0.2, 0) is 14.4 Å². The number of hydrogen-bond acceptors (Lipinski definition) is 4. The van der Waals surface area contributed by atoms with Crippen molar-refractivity contribution in [3.63, 3.8) is 0 Å². The molecule has 22 heavy (non-hydrogen) atoms. The van der Waals surface area contributed by atoms with Crippen LogP contribution in [0.4, 0.5) is 5.69 Å². The van der Waals surface area contributed by atoms with E-state index in [1.807, 2.05) is 6.07 Å². The normalized spacial score (nSPS) is 17.9. The summed E-state index contributed by atoms with van der Waals surface area (Å²) in [5, 5.41) is 0. The first kappa shape index (κ1) is 16.2. The maximum absolute atomic E-state index is 12.3.